The molecule has 0 atom stereocenters. The van der Waals surface area contributed by atoms with Gasteiger partial charge in [-0.2, -0.15) is 12.8 Å². The number of nitrogens with zero attached hydrogens (tertiary/aromatic N) is 1. The maximum Gasteiger partial charge on any atom is 0.282 e. The van der Waals surface area contributed by atoms with Crippen molar-refractivity contribution in [2.24, 2.45) is 4.40 Å². The summed E-state index contributed by atoms with van der Waals surface area (Å²) in [5, 5.41) is 0. The Morgan fingerprint density at radius 2 is 1.91 bits per heavy atom. The molecule has 122 valence electrons. The minimum atomic E-state index is -3.73. The molecule has 23 heavy (non-hydrogen) atoms. The van der Waals surface area contributed by atoms with Crippen molar-refractivity contribution in [3.05, 3.63) is 52.5 Å². The third kappa shape index (κ3) is 4.33. The predicted octanol–water partition coefficient (Wildman–Crippen LogP) is 3.66. The summed E-state index contributed by atoms with van der Waals surface area (Å²) in [6, 6.07) is 11.4. The molecule has 0 amide bonds. The van der Waals surface area contributed by atoms with E-state index in [-0.39, 0.29) is 4.90 Å². The first-order chi connectivity index (χ1) is 11.0. The maximum absolute atomic E-state index is 12.1. The molecule has 0 radical (unpaired) electrons. The Kier molecular flexibility index (Phi) is 5.79. The average molecular weight is 398 g/mol. The van der Waals surface area contributed by atoms with E-state index in [9.17, 15) is 8.42 Å². The molecule has 0 bridgehead atoms. The Balaban J connectivity index is 2.35. The molecule has 2 aromatic rings. The number of halogens is 1. The number of ether oxygens (including phenoxy) is 2. The van der Waals surface area contributed by atoms with Gasteiger partial charge in [-0.25, -0.2) is 0 Å². The number of hydrogen-bond acceptors (Lipinski definition) is 4. The zero-order valence-corrected chi connectivity index (χ0v) is 15.1. The summed E-state index contributed by atoms with van der Waals surface area (Å²) in [5.74, 6) is 1.07. The van der Waals surface area contributed by atoms with Crippen molar-refractivity contribution in [2.45, 2.75) is 11.8 Å². The van der Waals surface area contributed by atoms with Gasteiger partial charge >= 0.3 is 0 Å². The summed E-state index contributed by atoms with van der Waals surface area (Å²) in [7, 11) is -2.21. The number of sulfonamides is 1. The Morgan fingerprint density at radius 1 is 1.22 bits per heavy atom. The van der Waals surface area contributed by atoms with Crippen molar-refractivity contribution in [1.82, 2.24) is 0 Å². The molecule has 0 aromatic heterocycles. The third-order valence-corrected chi connectivity index (χ3v) is 4.76. The Morgan fingerprint density at radius 3 is 2.52 bits per heavy atom. The number of methoxy groups -OCH3 is 1. The predicted molar refractivity (Wildman–Crippen MR) is 93.1 cm³/mol. The first-order valence-electron chi connectivity index (χ1n) is 6.83. The second kappa shape index (κ2) is 7.61. The molecule has 0 aliphatic heterocycles. The van der Waals surface area contributed by atoms with E-state index in [0.29, 0.717) is 28.1 Å². The molecule has 0 aliphatic carbocycles. The van der Waals surface area contributed by atoms with E-state index < -0.39 is 10.0 Å². The lowest BCUT2D eigenvalue weighted by molar-refractivity contribution is 0.309. The summed E-state index contributed by atoms with van der Waals surface area (Å²) in [6.07, 6.45) is 1.28. The monoisotopic (exact) mass is 397 g/mol. The highest BCUT2D eigenvalue weighted by Gasteiger charge is 2.13. The fraction of sp³-hybridized carbons (Fsp3) is 0.188. The minimum absolute atomic E-state index is 0.146. The summed E-state index contributed by atoms with van der Waals surface area (Å²) in [5.41, 5.74) is 0.580. The summed E-state index contributed by atoms with van der Waals surface area (Å²) >= 11 is 3.39. The van der Waals surface area contributed by atoms with Crippen LogP contribution in [0.4, 0.5) is 0 Å². The van der Waals surface area contributed by atoms with Crippen molar-refractivity contribution in [3.8, 4) is 11.5 Å². The van der Waals surface area contributed by atoms with Crippen LogP contribution in [0.2, 0.25) is 0 Å². The molecule has 0 heterocycles. The Bertz CT molecular complexity index is 804. The summed E-state index contributed by atoms with van der Waals surface area (Å²) in [6.45, 7) is 2.36. The van der Waals surface area contributed by atoms with Gasteiger partial charge in [0.25, 0.3) is 10.0 Å². The van der Waals surface area contributed by atoms with Crippen LogP contribution < -0.4 is 9.47 Å². The number of rotatable bonds is 6. The van der Waals surface area contributed by atoms with E-state index in [4.69, 9.17) is 9.47 Å². The van der Waals surface area contributed by atoms with E-state index in [2.05, 4.69) is 20.3 Å². The lowest BCUT2D eigenvalue weighted by atomic mass is 10.2. The summed E-state index contributed by atoms with van der Waals surface area (Å²) < 4.78 is 39.4. The van der Waals surface area contributed by atoms with E-state index in [1.54, 1.807) is 30.3 Å². The van der Waals surface area contributed by atoms with Crippen molar-refractivity contribution in [3.63, 3.8) is 0 Å². The molecule has 0 saturated heterocycles. The standard InChI is InChI=1S/C16H16BrNO4S/c1-3-22-16-14(17)9-12(10-15(16)21-2)11-18-23(19,20)13-7-5-4-6-8-13/h4-11H,3H2,1-2H3/b18-11-. The van der Waals surface area contributed by atoms with Gasteiger partial charge in [0, 0.05) is 6.21 Å². The Hall–Kier alpha value is -1.86. The first kappa shape index (κ1) is 17.5. The lowest BCUT2D eigenvalue weighted by Crippen LogP contribution is -1.99. The van der Waals surface area contributed by atoms with Crippen molar-refractivity contribution in [1.29, 1.82) is 0 Å². The van der Waals surface area contributed by atoms with Gasteiger partial charge in [-0.1, -0.05) is 18.2 Å². The number of hydrogen-bond donors (Lipinski definition) is 0. The largest absolute Gasteiger partial charge is 0.493 e. The lowest BCUT2D eigenvalue weighted by Gasteiger charge is -2.11. The van der Waals surface area contributed by atoms with Crippen LogP contribution in [0.5, 0.6) is 11.5 Å². The molecule has 7 heteroatoms. The van der Waals surface area contributed by atoms with Gasteiger partial charge in [0.1, 0.15) is 0 Å². The molecule has 2 aromatic carbocycles. The smallest absolute Gasteiger partial charge is 0.282 e. The van der Waals surface area contributed by atoms with Crippen LogP contribution in [0, 0.1) is 0 Å². The second-order valence-corrected chi connectivity index (χ2v) is 6.98. The topological polar surface area (TPSA) is 65.0 Å². The van der Waals surface area contributed by atoms with Gasteiger partial charge in [0.2, 0.25) is 0 Å². The molecule has 2 rings (SSSR count). The van der Waals surface area contributed by atoms with Crippen LogP contribution in [-0.4, -0.2) is 28.3 Å². The number of benzene rings is 2. The molecule has 0 spiro atoms. The fourth-order valence-corrected chi connectivity index (χ4v) is 3.34. The van der Waals surface area contributed by atoms with Crippen LogP contribution in [0.3, 0.4) is 0 Å². The molecule has 0 aliphatic rings. The highest BCUT2D eigenvalue weighted by molar-refractivity contribution is 9.10. The van der Waals surface area contributed by atoms with E-state index in [1.807, 2.05) is 6.92 Å². The van der Waals surface area contributed by atoms with Gasteiger partial charge in [-0.3, -0.25) is 0 Å². The Labute approximate surface area is 144 Å². The van der Waals surface area contributed by atoms with Gasteiger partial charge in [-0.15, -0.1) is 0 Å². The zero-order valence-electron chi connectivity index (χ0n) is 12.7. The average Bonchev–Trinajstić information content (AvgIpc) is 2.56. The van der Waals surface area contributed by atoms with Crippen LogP contribution in [0.1, 0.15) is 12.5 Å². The van der Waals surface area contributed by atoms with Gasteiger partial charge in [0.15, 0.2) is 11.5 Å². The van der Waals surface area contributed by atoms with Gasteiger partial charge in [0.05, 0.1) is 23.1 Å². The quantitative estimate of drug-likeness (QED) is 0.697. The summed E-state index contributed by atoms with van der Waals surface area (Å²) in [4.78, 5) is 0.146. The molecular weight excluding hydrogens is 382 g/mol. The molecule has 0 fully saturated rings. The molecule has 0 saturated carbocycles. The van der Waals surface area contributed by atoms with Gasteiger partial charge < -0.3 is 9.47 Å². The first-order valence-corrected chi connectivity index (χ1v) is 9.07. The highest BCUT2D eigenvalue weighted by Crippen LogP contribution is 2.36. The van der Waals surface area contributed by atoms with Crippen LogP contribution in [0.25, 0.3) is 0 Å². The molecule has 0 unspecified atom stereocenters. The second-order valence-electron chi connectivity index (χ2n) is 4.49. The van der Waals surface area contributed by atoms with Gasteiger partial charge in [-0.05, 0) is 52.7 Å². The normalized spacial score (nSPS) is 11.6. The van der Waals surface area contributed by atoms with E-state index >= 15 is 0 Å². The van der Waals surface area contributed by atoms with Crippen molar-refractivity contribution < 1.29 is 17.9 Å². The van der Waals surface area contributed by atoms with Crippen LogP contribution in [-0.2, 0) is 10.0 Å². The third-order valence-electron chi connectivity index (χ3n) is 2.92. The van der Waals surface area contributed by atoms with Crippen LogP contribution >= 0.6 is 15.9 Å². The maximum atomic E-state index is 12.1. The molecule has 0 N–H and O–H groups in total. The zero-order chi connectivity index (χ0) is 16.9. The highest BCUT2D eigenvalue weighted by atomic mass is 79.9. The SMILES string of the molecule is CCOc1c(Br)cc(/C=N\S(=O)(=O)c2ccccc2)cc1OC. The minimum Gasteiger partial charge on any atom is -0.493 e. The van der Waals surface area contributed by atoms with E-state index in [0.717, 1.165) is 0 Å². The van der Waals surface area contributed by atoms with Crippen molar-refractivity contribution in [2.75, 3.05) is 13.7 Å². The van der Waals surface area contributed by atoms with E-state index in [1.165, 1.54) is 25.5 Å². The molecule has 5 nitrogen and oxygen atoms in total. The fourth-order valence-electron chi connectivity index (χ4n) is 1.88. The molecular formula is C16H16BrNO4S. The van der Waals surface area contributed by atoms with Crippen LogP contribution in [0.15, 0.2) is 56.2 Å². The van der Waals surface area contributed by atoms with Crippen molar-refractivity contribution >= 4 is 32.2 Å².